The van der Waals surface area contributed by atoms with E-state index in [2.05, 4.69) is 12.1 Å². The second kappa shape index (κ2) is 4.59. The number of β-lactam (4-membered cyclic amide) rings is 1. The third-order valence-corrected chi connectivity index (χ3v) is 5.14. The van der Waals surface area contributed by atoms with Gasteiger partial charge in [-0.1, -0.05) is 18.2 Å². The molecule has 2 aliphatic heterocycles. The summed E-state index contributed by atoms with van der Waals surface area (Å²) in [4.78, 5) is 14.4. The number of hydrogen-bond donors (Lipinski definition) is 1. The fourth-order valence-corrected chi connectivity index (χ4v) is 3.79. The van der Waals surface area contributed by atoms with Crippen LogP contribution in [0.5, 0.6) is 0 Å². The lowest BCUT2D eigenvalue weighted by molar-refractivity contribution is -0.155. The molecule has 3 rings (SSSR count). The highest BCUT2D eigenvalue weighted by atomic mass is 32.2. The monoisotopic (exact) mass is 263 g/mol. The van der Waals surface area contributed by atoms with Gasteiger partial charge in [0.25, 0.3) is 0 Å². The summed E-state index contributed by atoms with van der Waals surface area (Å²) in [5.74, 6) is 0.966. The lowest BCUT2D eigenvalue weighted by Crippen LogP contribution is -2.61. The van der Waals surface area contributed by atoms with Crippen molar-refractivity contribution in [2.24, 2.45) is 0 Å². The summed E-state index contributed by atoms with van der Waals surface area (Å²) in [6.07, 6.45) is 2.06. The molecule has 1 aromatic rings. The van der Waals surface area contributed by atoms with Gasteiger partial charge in [0.15, 0.2) is 0 Å². The number of aliphatic hydroxyl groups is 1. The van der Waals surface area contributed by atoms with Gasteiger partial charge in [-0.3, -0.25) is 4.79 Å². The number of hydrogen-bond acceptors (Lipinski definition) is 3. The van der Waals surface area contributed by atoms with Crippen molar-refractivity contribution < 1.29 is 9.90 Å². The Kier molecular flexibility index (Phi) is 3.08. The van der Waals surface area contributed by atoms with Gasteiger partial charge in [0.2, 0.25) is 5.91 Å². The van der Waals surface area contributed by atoms with Gasteiger partial charge in [0, 0.05) is 29.7 Å². The fourth-order valence-electron chi connectivity index (χ4n) is 2.74. The molecule has 4 heteroatoms. The summed E-state index contributed by atoms with van der Waals surface area (Å²) >= 11 is 1.70. The van der Waals surface area contributed by atoms with Crippen LogP contribution in [0.1, 0.15) is 19.3 Å². The first-order valence-electron chi connectivity index (χ1n) is 6.36. The number of carbonyl (C=O) groups is 1. The van der Waals surface area contributed by atoms with Gasteiger partial charge < -0.3 is 10.0 Å². The second-order valence-electron chi connectivity index (χ2n) is 5.23. The standard InChI is InChI=1S/C14H17NO2S/c16-13-8-11-9-14(17,6-7-15(11)13)10-18-12-4-2-1-3-5-12/h1-5,11,17H,6-10H2. The topological polar surface area (TPSA) is 40.5 Å². The Hall–Kier alpha value is -1.00. The first-order valence-corrected chi connectivity index (χ1v) is 7.35. The molecule has 96 valence electrons. The van der Waals surface area contributed by atoms with E-state index >= 15 is 0 Å². The van der Waals surface area contributed by atoms with Crippen molar-refractivity contribution in [1.82, 2.24) is 4.90 Å². The minimum Gasteiger partial charge on any atom is -0.389 e. The minimum absolute atomic E-state index is 0.248. The summed E-state index contributed by atoms with van der Waals surface area (Å²) in [6, 6.07) is 10.4. The van der Waals surface area contributed by atoms with Crippen LogP contribution >= 0.6 is 11.8 Å². The highest BCUT2D eigenvalue weighted by molar-refractivity contribution is 7.99. The Morgan fingerprint density at radius 2 is 2.17 bits per heavy atom. The Bertz CT molecular complexity index is 450. The van der Waals surface area contributed by atoms with E-state index in [4.69, 9.17) is 0 Å². The zero-order chi connectivity index (χ0) is 12.6. The normalized spacial score (nSPS) is 30.8. The molecule has 2 heterocycles. The number of amides is 1. The van der Waals surface area contributed by atoms with Crippen molar-refractivity contribution in [3.63, 3.8) is 0 Å². The molecule has 18 heavy (non-hydrogen) atoms. The van der Waals surface area contributed by atoms with Crippen LogP contribution in [0.4, 0.5) is 0 Å². The van der Waals surface area contributed by atoms with E-state index in [0.29, 0.717) is 12.8 Å². The van der Waals surface area contributed by atoms with Crippen molar-refractivity contribution in [1.29, 1.82) is 0 Å². The second-order valence-corrected chi connectivity index (χ2v) is 6.27. The molecule has 0 aliphatic carbocycles. The first-order chi connectivity index (χ1) is 8.66. The molecule has 0 radical (unpaired) electrons. The molecule has 2 saturated heterocycles. The number of nitrogens with zero attached hydrogens (tertiary/aromatic N) is 1. The van der Waals surface area contributed by atoms with Crippen LogP contribution in [0.3, 0.4) is 0 Å². The fraction of sp³-hybridized carbons (Fsp3) is 0.500. The average molecular weight is 263 g/mol. The van der Waals surface area contributed by atoms with Crippen molar-refractivity contribution in [2.75, 3.05) is 12.3 Å². The van der Waals surface area contributed by atoms with Crippen LogP contribution in [-0.4, -0.2) is 39.9 Å². The van der Waals surface area contributed by atoms with Crippen LogP contribution < -0.4 is 0 Å². The lowest BCUT2D eigenvalue weighted by Gasteiger charge is -2.49. The molecule has 1 aromatic carbocycles. The number of benzene rings is 1. The molecule has 3 nitrogen and oxygen atoms in total. The van der Waals surface area contributed by atoms with E-state index in [0.717, 1.165) is 18.7 Å². The van der Waals surface area contributed by atoms with Crippen molar-refractivity contribution in [3.05, 3.63) is 30.3 Å². The molecule has 0 spiro atoms. The number of rotatable bonds is 3. The van der Waals surface area contributed by atoms with E-state index in [-0.39, 0.29) is 11.9 Å². The van der Waals surface area contributed by atoms with Crippen LogP contribution in [0.2, 0.25) is 0 Å². The molecule has 0 bridgehead atoms. The summed E-state index contributed by atoms with van der Waals surface area (Å²) in [5, 5.41) is 10.6. The maximum absolute atomic E-state index is 11.3. The molecular formula is C14H17NO2S. The van der Waals surface area contributed by atoms with Gasteiger partial charge in [0.1, 0.15) is 0 Å². The smallest absolute Gasteiger partial charge is 0.224 e. The van der Waals surface area contributed by atoms with Crippen LogP contribution in [0.25, 0.3) is 0 Å². The number of thioether (sulfide) groups is 1. The molecule has 0 saturated carbocycles. The SMILES string of the molecule is O=C1CC2CC(O)(CSc3ccccc3)CCN12. The molecule has 1 N–H and O–H groups in total. The number of fused-ring (bicyclic) bond motifs is 1. The van der Waals surface area contributed by atoms with Gasteiger partial charge in [-0.15, -0.1) is 11.8 Å². The van der Waals surface area contributed by atoms with Crippen LogP contribution in [-0.2, 0) is 4.79 Å². The molecule has 2 unspecified atom stereocenters. The third kappa shape index (κ3) is 2.27. The van der Waals surface area contributed by atoms with E-state index in [1.54, 1.807) is 11.8 Å². The third-order valence-electron chi connectivity index (χ3n) is 3.86. The zero-order valence-electron chi connectivity index (χ0n) is 10.2. The minimum atomic E-state index is -0.609. The van der Waals surface area contributed by atoms with Crippen molar-refractivity contribution in [3.8, 4) is 0 Å². The van der Waals surface area contributed by atoms with E-state index in [1.807, 2.05) is 23.1 Å². The Balaban J connectivity index is 1.58. The highest BCUT2D eigenvalue weighted by Gasteiger charge is 2.46. The van der Waals surface area contributed by atoms with E-state index in [9.17, 15) is 9.90 Å². The van der Waals surface area contributed by atoms with Gasteiger partial charge in [-0.25, -0.2) is 0 Å². The quantitative estimate of drug-likeness (QED) is 0.669. The predicted molar refractivity (Wildman–Crippen MR) is 71.5 cm³/mol. The number of carbonyl (C=O) groups excluding carboxylic acids is 1. The summed E-state index contributed by atoms with van der Waals surface area (Å²) in [6.45, 7) is 0.718. The maximum atomic E-state index is 11.3. The van der Waals surface area contributed by atoms with Gasteiger partial charge in [0.05, 0.1) is 5.60 Å². The number of piperidine rings is 1. The maximum Gasteiger partial charge on any atom is 0.224 e. The zero-order valence-corrected chi connectivity index (χ0v) is 11.0. The van der Waals surface area contributed by atoms with Gasteiger partial charge in [-0.2, -0.15) is 0 Å². The van der Waals surface area contributed by atoms with Gasteiger partial charge in [-0.05, 0) is 25.0 Å². The molecule has 2 fully saturated rings. The van der Waals surface area contributed by atoms with Crippen LogP contribution in [0.15, 0.2) is 35.2 Å². The highest BCUT2D eigenvalue weighted by Crippen LogP contribution is 2.37. The van der Waals surface area contributed by atoms with Crippen molar-refractivity contribution >= 4 is 17.7 Å². The lowest BCUT2D eigenvalue weighted by atomic mass is 9.82. The molecule has 2 aliphatic rings. The van der Waals surface area contributed by atoms with Gasteiger partial charge >= 0.3 is 0 Å². The average Bonchev–Trinajstić information content (AvgIpc) is 2.37. The Labute approximate surface area is 111 Å². The molecule has 2 atom stereocenters. The van der Waals surface area contributed by atoms with Crippen molar-refractivity contribution in [2.45, 2.75) is 35.8 Å². The molecule has 0 aromatic heterocycles. The Morgan fingerprint density at radius 1 is 1.39 bits per heavy atom. The summed E-state index contributed by atoms with van der Waals surface area (Å²) < 4.78 is 0. The molecular weight excluding hydrogens is 246 g/mol. The Morgan fingerprint density at radius 3 is 2.83 bits per heavy atom. The van der Waals surface area contributed by atoms with E-state index < -0.39 is 5.60 Å². The summed E-state index contributed by atoms with van der Waals surface area (Å²) in [5.41, 5.74) is -0.609. The van der Waals surface area contributed by atoms with E-state index in [1.165, 1.54) is 4.90 Å². The predicted octanol–water partition coefficient (Wildman–Crippen LogP) is 1.90. The molecule has 1 amide bonds. The summed E-state index contributed by atoms with van der Waals surface area (Å²) in [7, 11) is 0. The van der Waals surface area contributed by atoms with Crippen LogP contribution in [0, 0.1) is 0 Å². The first kappa shape index (κ1) is 12.1. The largest absolute Gasteiger partial charge is 0.389 e.